The lowest BCUT2D eigenvalue weighted by Crippen LogP contribution is -2.18. The first kappa shape index (κ1) is 9.93. The van der Waals surface area contributed by atoms with E-state index in [-0.39, 0.29) is 5.56 Å². The number of halogens is 1. The molecule has 0 aliphatic carbocycles. The quantitative estimate of drug-likeness (QED) is 0.738. The van der Waals surface area contributed by atoms with Crippen molar-refractivity contribution in [2.75, 3.05) is 0 Å². The molecule has 0 spiro atoms. The van der Waals surface area contributed by atoms with E-state index in [4.69, 9.17) is 11.6 Å². The molecular weight excluding hydrogens is 212 g/mol. The number of hydrogen-bond donors (Lipinski definition) is 0. The highest BCUT2D eigenvalue weighted by atomic mass is 35.5. The third kappa shape index (κ3) is 1.92. The van der Waals surface area contributed by atoms with Crippen LogP contribution in [0.5, 0.6) is 0 Å². The van der Waals surface area contributed by atoms with Gasteiger partial charge in [-0.25, -0.2) is 4.68 Å². The molecule has 0 unspecified atom stereocenters. The summed E-state index contributed by atoms with van der Waals surface area (Å²) in [6, 6.07) is 11.0. The molecule has 0 aliphatic heterocycles. The molecule has 0 aliphatic rings. The molecule has 2 aromatic rings. The van der Waals surface area contributed by atoms with E-state index in [0.29, 0.717) is 10.7 Å². The highest BCUT2D eigenvalue weighted by Gasteiger charge is 2.06. The predicted octanol–water partition coefficient (Wildman–Crippen LogP) is 2.10. The van der Waals surface area contributed by atoms with E-state index in [9.17, 15) is 4.79 Å². The maximum absolute atomic E-state index is 11.4. The van der Waals surface area contributed by atoms with Crippen LogP contribution in [-0.2, 0) is 7.05 Å². The highest BCUT2D eigenvalue weighted by molar-refractivity contribution is 6.32. The molecule has 4 heteroatoms. The normalized spacial score (nSPS) is 10.3. The number of hydrogen-bond acceptors (Lipinski definition) is 2. The molecule has 0 atom stereocenters. The van der Waals surface area contributed by atoms with Crippen LogP contribution in [0.15, 0.2) is 41.2 Å². The van der Waals surface area contributed by atoms with Crippen LogP contribution in [0, 0.1) is 0 Å². The molecule has 15 heavy (non-hydrogen) atoms. The van der Waals surface area contributed by atoms with Crippen LogP contribution in [0.1, 0.15) is 0 Å². The van der Waals surface area contributed by atoms with Gasteiger partial charge in [-0.3, -0.25) is 4.79 Å². The molecule has 0 radical (unpaired) electrons. The van der Waals surface area contributed by atoms with E-state index in [1.807, 2.05) is 30.3 Å². The van der Waals surface area contributed by atoms with E-state index in [0.717, 1.165) is 5.56 Å². The molecule has 0 saturated carbocycles. The Labute approximate surface area is 91.9 Å². The molecule has 0 N–H and O–H groups in total. The van der Waals surface area contributed by atoms with Crippen molar-refractivity contribution in [1.29, 1.82) is 0 Å². The summed E-state index contributed by atoms with van der Waals surface area (Å²) in [5.74, 6) is 0. The third-order valence-corrected chi connectivity index (χ3v) is 2.41. The van der Waals surface area contributed by atoms with Crippen LogP contribution >= 0.6 is 11.6 Å². The molecule has 0 fully saturated rings. The average Bonchev–Trinajstić information content (AvgIpc) is 2.25. The van der Waals surface area contributed by atoms with Crippen molar-refractivity contribution in [3.05, 3.63) is 51.9 Å². The van der Waals surface area contributed by atoms with Crippen molar-refractivity contribution in [1.82, 2.24) is 9.78 Å². The van der Waals surface area contributed by atoms with Crippen molar-refractivity contribution in [2.45, 2.75) is 0 Å². The predicted molar refractivity (Wildman–Crippen MR) is 59.9 cm³/mol. The Bertz CT molecular complexity index is 534. The first-order chi connectivity index (χ1) is 7.18. The summed E-state index contributed by atoms with van der Waals surface area (Å²) in [5.41, 5.74) is 1.39. The summed E-state index contributed by atoms with van der Waals surface area (Å²) in [7, 11) is 1.57. The molecule has 0 saturated heterocycles. The largest absolute Gasteiger partial charge is 0.268 e. The standard InChI is InChI=1S/C11H9ClN2O/c1-14-10(15)7-9(11(12)13-14)8-5-3-2-4-6-8/h2-7H,1H3. The zero-order valence-electron chi connectivity index (χ0n) is 8.14. The van der Waals surface area contributed by atoms with Crippen molar-refractivity contribution in [3.63, 3.8) is 0 Å². The lowest BCUT2D eigenvalue weighted by Gasteiger charge is -2.04. The van der Waals surface area contributed by atoms with Crippen LogP contribution in [0.25, 0.3) is 11.1 Å². The van der Waals surface area contributed by atoms with Crippen LogP contribution in [0.2, 0.25) is 5.15 Å². The van der Waals surface area contributed by atoms with E-state index >= 15 is 0 Å². The van der Waals surface area contributed by atoms with Gasteiger partial charge in [-0.05, 0) is 5.56 Å². The molecule has 1 aromatic carbocycles. The highest BCUT2D eigenvalue weighted by Crippen LogP contribution is 2.23. The maximum Gasteiger partial charge on any atom is 0.267 e. The van der Waals surface area contributed by atoms with Gasteiger partial charge < -0.3 is 0 Å². The van der Waals surface area contributed by atoms with E-state index < -0.39 is 0 Å². The SMILES string of the molecule is Cn1nc(Cl)c(-c2ccccc2)cc1=O. The number of benzene rings is 1. The Balaban J connectivity index is 2.64. The summed E-state index contributed by atoms with van der Waals surface area (Å²) in [6.07, 6.45) is 0. The van der Waals surface area contributed by atoms with Crippen LogP contribution in [0.4, 0.5) is 0 Å². The second kappa shape index (κ2) is 3.87. The summed E-state index contributed by atoms with van der Waals surface area (Å²) < 4.78 is 1.22. The van der Waals surface area contributed by atoms with Gasteiger partial charge in [-0.15, -0.1) is 0 Å². The number of aryl methyl sites for hydroxylation is 1. The number of aromatic nitrogens is 2. The Morgan fingerprint density at radius 1 is 1.27 bits per heavy atom. The molecule has 1 heterocycles. The van der Waals surface area contributed by atoms with Gasteiger partial charge in [0, 0.05) is 18.7 Å². The zero-order chi connectivity index (χ0) is 10.8. The lowest BCUT2D eigenvalue weighted by molar-refractivity contribution is 0.709. The number of rotatable bonds is 1. The molecule has 1 aromatic heterocycles. The fourth-order valence-electron chi connectivity index (χ4n) is 1.33. The summed E-state index contributed by atoms with van der Waals surface area (Å²) in [5, 5.41) is 4.26. The topological polar surface area (TPSA) is 34.9 Å². The van der Waals surface area contributed by atoms with Gasteiger partial charge in [0.2, 0.25) is 0 Å². The van der Waals surface area contributed by atoms with Gasteiger partial charge in [0.05, 0.1) is 0 Å². The van der Waals surface area contributed by atoms with Gasteiger partial charge in [-0.2, -0.15) is 5.10 Å². The van der Waals surface area contributed by atoms with Crippen molar-refractivity contribution in [3.8, 4) is 11.1 Å². The van der Waals surface area contributed by atoms with Gasteiger partial charge >= 0.3 is 0 Å². The van der Waals surface area contributed by atoms with Crippen LogP contribution < -0.4 is 5.56 Å². The Kier molecular flexibility index (Phi) is 2.56. The van der Waals surface area contributed by atoms with Gasteiger partial charge in [-0.1, -0.05) is 41.9 Å². The minimum absolute atomic E-state index is 0.168. The summed E-state index contributed by atoms with van der Waals surface area (Å²) in [6.45, 7) is 0. The fraction of sp³-hybridized carbons (Fsp3) is 0.0909. The Morgan fingerprint density at radius 2 is 1.93 bits per heavy atom. The number of nitrogens with zero attached hydrogens (tertiary/aromatic N) is 2. The second-order valence-electron chi connectivity index (χ2n) is 3.18. The van der Waals surface area contributed by atoms with Crippen molar-refractivity contribution < 1.29 is 0 Å². The lowest BCUT2D eigenvalue weighted by atomic mass is 10.1. The maximum atomic E-state index is 11.4. The van der Waals surface area contributed by atoms with Gasteiger partial charge in [0.1, 0.15) is 0 Å². The molecular formula is C11H9ClN2O. The first-order valence-electron chi connectivity index (χ1n) is 4.48. The fourth-order valence-corrected chi connectivity index (χ4v) is 1.61. The van der Waals surface area contributed by atoms with Gasteiger partial charge in [0.25, 0.3) is 5.56 Å². The first-order valence-corrected chi connectivity index (χ1v) is 4.85. The smallest absolute Gasteiger partial charge is 0.267 e. The monoisotopic (exact) mass is 220 g/mol. The van der Waals surface area contributed by atoms with Crippen LogP contribution in [-0.4, -0.2) is 9.78 Å². The molecule has 0 amide bonds. The molecule has 2 rings (SSSR count). The van der Waals surface area contributed by atoms with E-state index in [1.165, 1.54) is 10.7 Å². The molecule has 76 valence electrons. The van der Waals surface area contributed by atoms with Crippen molar-refractivity contribution >= 4 is 11.6 Å². The minimum atomic E-state index is -0.168. The Hall–Kier alpha value is -1.61. The molecule has 3 nitrogen and oxygen atoms in total. The van der Waals surface area contributed by atoms with E-state index in [2.05, 4.69) is 5.10 Å². The summed E-state index contributed by atoms with van der Waals surface area (Å²) >= 11 is 5.97. The van der Waals surface area contributed by atoms with E-state index in [1.54, 1.807) is 7.05 Å². The zero-order valence-corrected chi connectivity index (χ0v) is 8.90. The Morgan fingerprint density at radius 3 is 2.60 bits per heavy atom. The third-order valence-electron chi connectivity index (χ3n) is 2.13. The average molecular weight is 221 g/mol. The summed E-state index contributed by atoms with van der Waals surface area (Å²) in [4.78, 5) is 11.4. The second-order valence-corrected chi connectivity index (χ2v) is 3.53. The van der Waals surface area contributed by atoms with Crippen molar-refractivity contribution in [2.24, 2.45) is 7.05 Å². The molecule has 0 bridgehead atoms. The van der Waals surface area contributed by atoms with Crippen LogP contribution in [0.3, 0.4) is 0 Å². The van der Waals surface area contributed by atoms with Gasteiger partial charge in [0.15, 0.2) is 5.15 Å². The minimum Gasteiger partial charge on any atom is -0.268 e.